The Hall–Kier alpha value is -1.39. The number of carboxylic acid groups (broad SMARTS) is 1. The van der Waals surface area contributed by atoms with Gasteiger partial charge < -0.3 is 9.84 Å². The molecule has 1 N–H and O–H groups in total. The molecule has 0 aromatic carbocycles. The van der Waals surface area contributed by atoms with Crippen LogP contribution in [0, 0.1) is 11.8 Å². The first-order valence-electron chi connectivity index (χ1n) is 5.29. The third kappa shape index (κ3) is 5.48. The molecule has 0 aromatic rings. The molecule has 16 heavy (non-hydrogen) atoms. The molecule has 0 saturated carbocycles. The Morgan fingerprint density at radius 1 is 1.19 bits per heavy atom. The molecular weight excluding hydrogens is 212 g/mol. The second kappa shape index (κ2) is 6.98. The molecule has 5 heteroatoms. The van der Waals surface area contributed by atoms with Crippen LogP contribution in [0.3, 0.4) is 0 Å². The van der Waals surface area contributed by atoms with Crippen LogP contribution >= 0.6 is 0 Å². The third-order valence-electron chi connectivity index (χ3n) is 1.95. The molecule has 0 aliphatic rings. The van der Waals surface area contributed by atoms with Crippen molar-refractivity contribution in [3.05, 3.63) is 0 Å². The van der Waals surface area contributed by atoms with Gasteiger partial charge in [-0.15, -0.1) is 0 Å². The summed E-state index contributed by atoms with van der Waals surface area (Å²) in [6, 6.07) is 0. The highest BCUT2D eigenvalue weighted by Crippen LogP contribution is 2.14. The van der Waals surface area contributed by atoms with E-state index < -0.39 is 24.3 Å². The van der Waals surface area contributed by atoms with Crippen LogP contribution in [0.25, 0.3) is 0 Å². The maximum Gasteiger partial charge on any atom is 0.317 e. The number of ketones is 1. The van der Waals surface area contributed by atoms with Crippen molar-refractivity contribution in [2.75, 3.05) is 6.61 Å². The first-order chi connectivity index (χ1) is 7.38. The molecule has 0 rings (SSSR count). The zero-order valence-corrected chi connectivity index (χ0v) is 9.86. The summed E-state index contributed by atoms with van der Waals surface area (Å²) in [5.74, 6) is -3.35. The summed E-state index contributed by atoms with van der Waals surface area (Å²) in [5.41, 5.74) is 0. The first-order valence-corrected chi connectivity index (χ1v) is 5.29. The van der Waals surface area contributed by atoms with Crippen LogP contribution < -0.4 is 0 Å². The van der Waals surface area contributed by atoms with Gasteiger partial charge in [0.15, 0.2) is 0 Å². The van der Waals surface area contributed by atoms with Crippen molar-refractivity contribution in [2.45, 2.75) is 33.6 Å². The Morgan fingerprint density at radius 2 is 1.75 bits per heavy atom. The number of carbonyl (C=O) groups is 3. The highest BCUT2D eigenvalue weighted by Gasteiger charge is 2.30. The van der Waals surface area contributed by atoms with E-state index in [4.69, 9.17) is 5.11 Å². The van der Waals surface area contributed by atoms with Gasteiger partial charge in [0.25, 0.3) is 0 Å². The molecule has 0 amide bonds. The minimum atomic E-state index is -1.17. The largest absolute Gasteiger partial charge is 0.481 e. The third-order valence-corrected chi connectivity index (χ3v) is 1.95. The van der Waals surface area contributed by atoms with Crippen LogP contribution in [0.4, 0.5) is 0 Å². The Labute approximate surface area is 94.8 Å². The molecule has 0 heterocycles. The Balaban J connectivity index is 4.58. The van der Waals surface area contributed by atoms with Gasteiger partial charge in [-0.05, 0) is 12.8 Å². The van der Waals surface area contributed by atoms with E-state index in [2.05, 4.69) is 4.74 Å². The summed E-state index contributed by atoms with van der Waals surface area (Å²) in [6.45, 7) is 5.42. The summed E-state index contributed by atoms with van der Waals surface area (Å²) >= 11 is 0. The van der Waals surface area contributed by atoms with Gasteiger partial charge in [0.1, 0.15) is 11.7 Å². The van der Waals surface area contributed by atoms with Gasteiger partial charge in [0.2, 0.25) is 0 Å². The predicted molar refractivity (Wildman–Crippen MR) is 56.8 cm³/mol. The number of aliphatic carboxylic acids is 1. The fourth-order valence-electron chi connectivity index (χ4n) is 1.29. The lowest BCUT2D eigenvalue weighted by atomic mass is 9.93. The maximum atomic E-state index is 11.6. The van der Waals surface area contributed by atoms with Gasteiger partial charge in [-0.3, -0.25) is 14.4 Å². The topological polar surface area (TPSA) is 80.7 Å². The lowest BCUT2D eigenvalue weighted by Gasteiger charge is -2.13. The standard InChI is InChI=1S/C11H18O5/c1-4-16-11(15)8(6-10(13)14)9(12)5-7(2)3/h7-8H,4-6H2,1-3H3,(H,13,14). The smallest absolute Gasteiger partial charge is 0.317 e. The van der Waals surface area contributed by atoms with Gasteiger partial charge in [-0.2, -0.15) is 0 Å². The average molecular weight is 230 g/mol. The molecule has 1 atom stereocenters. The number of hydrogen-bond acceptors (Lipinski definition) is 4. The number of ether oxygens (including phenoxy) is 1. The minimum Gasteiger partial charge on any atom is -0.481 e. The highest BCUT2D eigenvalue weighted by atomic mass is 16.5. The van der Waals surface area contributed by atoms with Crippen LogP contribution in [0.5, 0.6) is 0 Å². The number of carboxylic acids is 1. The molecule has 92 valence electrons. The monoisotopic (exact) mass is 230 g/mol. The second-order valence-electron chi connectivity index (χ2n) is 3.97. The van der Waals surface area contributed by atoms with Crippen molar-refractivity contribution < 1.29 is 24.2 Å². The number of esters is 1. The predicted octanol–water partition coefficient (Wildman–Crippen LogP) is 1.26. The Kier molecular flexibility index (Phi) is 6.37. The normalized spacial score (nSPS) is 12.2. The molecule has 1 unspecified atom stereocenters. The maximum absolute atomic E-state index is 11.6. The van der Waals surface area contributed by atoms with Crippen molar-refractivity contribution in [2.24, 2.45) is 11.8 Å². The van der Waals surface area contributed by atoms with Gasteiger partial charge >= 0.3 is 11.9 Å². The Morgan fingerprint density at radius 3 is 2.12 bits per heavy atom. The quantitative estimate of drug-likeness (QED) is 0.526. The first kappa shape index (κ1) is 14.6. The summed E-state index contributed by atoms with van der Waals surface area (Å²) in [6.07, 6.45) is -0.304. The summed E-state index contributed by atoms with van der Waals surface area (Å²) in [5, 5.41) is 8.62. The van der Waals surface area contributed by atoms with Crippen LogP contribution in [0.1, 0.15) is 33.6 Å². The molecule has 0 aliphatic carbocycles. The fourth-order valence-corrected chi connectivity index (χ4v) is 1.29. The molecule has 0 saturated heterocycles. The molecule has 0 bridgehead atoms. The van der Waals surface area contributed by atoms with E-state index in [1.807, 2.05) is 13.8 Å². The molecule has 0 radical (unpaired) electrons. The molecule has 0 aliphatic heterocycles. The van der Waals surface area contributed by atoms with Crippen LogP contribution in [-0.4, -0.2) is 29.4 Å². The lowest BCUT2D eigenvalue weighted by molar-refractivity contribution is -0.156. The average Bonchev–Trinajstić information content (AvgIpc) is 2.12. The van der Waals surface area contributed by atoms with Crippen LogP contribution in [0.15, 0.2) is 0 Å². The van der Waals surface area contributed by atoms with E-state index in [0.29, 0.717) is 0 Å². The van der Waals surface area contributed by atoms with Gasteiger partial charge in [-0.25, -0.2) is 0 Å². The summed E-state index contributed by atoms with van der Waals surface area (Å²) in [7, 11) is 0. The Bertz CT molecular complexity index is 270. The molecular formula is C11H18O5. The van der Waals surface area contributed by atoms with Crippen molar-refractivity contribution >= 4 is 17.7 Å². The number of Topliss-reactive ketones (excluding diaryl/α,β-unsaturated/α-hetero) is 1. The van der Waals surface area contributed by atoms with E-state index in [1.54, 1.807) is 6.92 Å². The number of rotatable bonds is 7. The minimum absolute atomic E-state index is 0.0956. The molecule has 0 fully saturated rings. The zero-order valence-electron chi connectivity index (χ0n) is 9.86. The van der Waals surface area contributed by atoms with E-state index in [0.717, 1.165) is 0 Å². The fraction of sp³-hybridized carbons (Fsp3) is 0.727. The summed E-state index contributed by atoms with van der Waals surface area (Å²) in [4.78, 5) is 33.6. The van der Waals surface area contributed by atoms with Crippen molar-refractivity contribution in [1.29, 1.82) is 0 Å². The van der Waals surface area contributed by atoms with E-state index in [9.17, 15) is 14.4 Å². The van der Waals surface area contributed by atoms with Gasteiger partial charge in [0, 0.05) is 6.42 Å². The van der Waals surface area contributed by atoms with Crippen LogP contribution in [0.2, 0.25) is 0 Å². The van der Waals surface area contributed by atoms with E-state index in [1.165, 1.54) is 0 Å². The summed E-state index contributed by atoms with van der Waals surface area (Å²) < 4.78 is 4.68. The molecule has 5 nitrogen and oxygen atoms in total. The SMILES string of the molecule is CCOC(=O)C(CC(=O)O)C(=O)CC(C)C. The van der Waals surface area contributed by atoms with Gasteiger partial charge in [-0.1, -0.05) is 13.8 Å². The number of carbonyl (C=O) groups excluding carboxylic acids is 2. The molecule has 0 spiro atoms. The van der Waals surface area contributed by atoms with E-state index in [-0.39, 0.29) is 24.7 Å². The van der Waals surface area contributed by atoms with Crippen molar-refractivity contribution in [3.63, 3.8) is 0 Å². The van der Waals surface area contributed by atoms with Gasteiger partial charge in [0.05, 0.1) is 13.0 Å². The number of hydrogen-bond donors (Lipinski definition) is 1. The van der Waals surface area contributed by atoms with Crippen molar-refractivity contribution in [3.8, 4) is 0 Å². The van der Waals surface area contributed by atoms with Crippen LogP contribution in [-0.2, 0) is 19.1 Å². The second-order valence-corrected chi connectivity index (χ2v) is 3.97. The van der Waals surface area contributed by atoms with E-state index >= 15 is 0 Å². The molecule has 0 aromatic heterocycles. The lowest BCUT2D eigenvalue weighted by Crippen LogP contribution is -2.29. The zero-order chi connectivity index (χ0) is 12.7. The highest BCUT2D eigenvalue weighted by molar-refractivity contribution is 6.01. The van der Waals surface area contributed by atoms with Crippen molar-refractivity contribution in [1.82, 2.24) is 0 Å².